The van der Waals surface area contributed by atoms with Crippen molar-refractivity contribution in [3.63, 3.8) is 0 Å². The van der Waals surface area contributed by atoms with Crippen LogP contribution in [0, 0.1) is 10.8 Å². The normalized spacial score (nSPS) is 22.8. The summed E-state index contributed by atoms with van der Waals surface area (Å²) in [4.78, 5) is 147. The van der Waals surface area contributed by atoms with Gasteiger partial charge in [0.05, 0.1) is 43.5 Å². The Kier molecular flexibility index (Phi) is 26.6. The van der Waals surface area contributed by atoms with Crippen LogP contribution in [0.2, 0.25) is 0 Å². The number of hydrazine groups is 1. The van der Waals surface area contributed by atoms with Crippen LogP contribution in [-0.2, 0) is 85.0 Å². The first-order valence-corrected chi connectivity index (χ1v) is 37.3. The summed E-state index contributed by atoms with van der Waals surface area (Å²) in [5.41, 5.74) is 6.43. The number of nitrogens with zero attached hydrogens (tertiary/aromatic N) is 6. The first-order valence-electron chi connectivity index (χ1n) is 37.3. The van der Waals surface area contributed by atoms with Crippen molar-refractivity contribution in [1.29, 1.82) is 0 Å². The second-order valence-corrected chi connectivity index (χ2v) is 31.1. The van der Waals surface area contributed by atoms with Gasteiger partial charge >= 0.3 is 5.97 Å². The molecule has 0 radical (unpaired) electrons. The van der Waals surface area contributed by atoms with Gasteiger partial charge in [-0.15, -0.1) is 5.10 Å². The molecule has 12 N–H and O–H groups in total. The van der Waals surface area contributed by atoms with E-state index in [9.17, 15) is 33.9 Å². The van der Waals surface area contributed by atoms with Gasteiger partial charge in [-0.3, -0.25) is 43.4 Å². The monoisotopic (exact) mass is 1510 g/mol. The van der Waals surface area contributed by atoms with Crippen LogP contribution in [0.25, 0.3) is 21.5 Å². The van der Waals surface area contributed by atoms with Gasteiger partial charge in [-0.2, -0.15) is 0 Å². The van der Waals surface area contributed by atoms with Crippen LogP contribution in [0.3, 0.4) is 0 Å². The van der Waals surface area contributed by atoms with E-state index in [1.54, 1.807) is 124 Å². The number of amides is 8. The van der Waals surface area contributed by atoms with E-state index in [0.29, 0.717) is 58.6 Å². The van der Waals surface area contributed by atoms with Crippen LogP contribution in [0.1, 0.15) is 115 Å². The van der Waals surface area contributed by atoms with E-state index < -0.39 is 136 Å². The molecule has 12 atom stereocenters. The number of nitrogens with two attached hydrogens (primary N) is 2. The van der Waals surface area contributed by atoms with E-state index in [1.807, 2.05) is 84.9 Å². The highest BCUT2D eigenvalue weighted by molar-refractivity contribution is 5.98. The highest BCUT2D eigenvalue weighted by atomic mass is 16.5. The number of likely N-dealkylation sites (N-methyl/N-ethyl adjacent to an activating group) is 2. The number of aliphatic carboxylic acids is 1. The molecular weight excluding hydrogens is 1410 g/mol. The maximum atomic E-state index is 15.4. The number of carbonyl (C=O) groups is 10. The number of aromatic nitrogens is 3. The standard InChI is InChI=1S/C81H103N15O14/c1-48(84-9)70(98)90-68(79(3,4)5)76(104)94-47-81(82)42-67(94)74(102)88-63(39-52-21-27-54-17-11-13-19-56(54)35-52)71(99)86-58(45-97)37-50-23-31-62(32-24-50)109-46-59-43-95(92-91-59)60-41-66(93(44-60)77(105)69(80(6,7)8)96(83)75(103)49(2)85-10)73(101)87-64(40-53-22-28-55-18-12-14-20-57(55)36-53)72(100)89-65(78(106)107)38-51-25-29-61(30-26-51)108-33-15-16-34-110-81/h11-14,17-32,35-36,43,45,48-49,58,60,63-69,84-85H,15-16,33-34,37-42,44,46-47,82-83H2,1-10H3,(H,86,99)(H,87,101)(H,88,102)(H,89,100)(H,90,98)(H,106,107)/t48-,49-,58-,60?,63-,64-,65-,66?,67-,68+,69+,81-/m0/s1. The van der Waals surface area contributed by atoms with Gasteiger partial charge in [0, 0.05) is 45.3 Å². The number of carbonyl (C=O) groups excluding carboxylic acids is 9. The molecule has 2 unspecified atom stereocenters. The predicted molar refractivity (Wildman–Crippen MR) is 411 cm³/mol. The number of hydrogen-bond acceptors (Lipinski definition) is 19. The van der Waals surface area contributed by atoms with Crippen LogP contribution in [-0.4, -0.2) is 201 Å². The number of carboxylic acid groups (broad SMARTS) is 1. The van der Waals surface area contributed by atoms with Crippen molar-refractivity contribution < 1.29 is 67.3 Å². The van der Waals surface area contributed by atoms with E-state index in [-0.39, 0.29) is 71.4 Å². The van der Waals surface area contributed by atoms with Crippen molar-refractivity contribution >= 4 is 81.1 Å². The van der Waals surface area contributed by atoms with E-state index in [0.717, 1.165) is 26.6 Å². The lowest BCUT2D eigenvalue weighted by molar-refractivity contribution is -0.154. The first kappa shape index (κ1) is 81.8. The molecule has 110 heavy (non-hydrogen) atoms. The van der Waals surface area contributed by atoms with Gasteiger partial charge in [0.15, 0.2) is 0 Å². The second-order valence-electron chi connectivity index (χ2n) is 31.1. The van der Waals surface area contributed by atoms with Crippen molar-refractivity contribution in [2.24, 2.45) is 22.4 Å². The number of nitrogens with one attached hydrogen (secondary N) is 7. The summed E-state index contributed by atoms with van der Waals surface area (Å²) < 4.78 is 20.2. The topological polar surface area (TPSA) is 395 Å². The number of benzene rings is 6. The van der Waals surface area contributed by atoms with Crippen molar-refractivity contribution in [1.82, 2.24) is 67.0 Å². The van der Waals surface area contributed by atoms with Crippen LogP contribution in [0.4, 0.5) is 0 Å². The third-order valence-electron chi connectivity index (χ3n) is 20.6. The smallest absolute Gasteiger partial charge is 0.326 e. The molecule has 6 aliphatic heterocycles. The van der Waals surface area contributed by atoms with E-state index in [4.69, 9.17) is 25.8 Å². The number of likely N-dealkylation sites (tertiary alicyclic amines) is 2. The summed E-state index contributed by atoms with van der Waals surface area (Å²) >= 11 is 0. The Bertz CT molecular complexity index is 4470. The molecule has 6 aliphatic rings. The SMILES string of the molecule is CN[C@@H](C)C(=O)N[C@H](C(=O)N1C[C@]2(N)C[C@H]1C(=O)N[C@@H](Cc1ccc3ccccc3c1)C(=O)N[C@H](C=O)Cc1ccc(cc1)OCc1cn(nn1)C1CC(C(=O)N[C@@H](Cc3ccc4ccccc4c3)C(=O)N[C@H](C(=O)O)Cc3ccc(cc3)OCCCCO2)N(C(=O)[C@@H](N(N)C(=O)[C@H](C)NC)C(C)(C)C)C1)C(C)(C)C. The summed E-state index contributed by atoms with van der Waals surface area (Å²) in [7, 11) is 3.20. The average Bonchev–Trinajstić information content (AvgIpc) is 1.60. The molecule has 0 aliphatic carbocycles. The Hall–Kier alpha value is -10.7. The van der Waals surface area contributed by atoms with Crippen LogP contribution in [0.5, 0.6) is 11.5 Å². The fourth-order valence-corrected chi connectivity index (χ4v) is 14.1. The van der Waals surface area contributed by atoms with Gasteiger partial charge in [0.25, 0.3) is 5.91 Å². The minimum Gasteiger partial charge on any atom is -0.494 e. The van der Waals surface area contributed by atoms with Crippen molar-refractivity contribution in [3.05, 3.63) is 168 Å². The second kappa shape index (κ2) is 35.8. The minimum atomic E-state index is -1.60. The quantitative estimate of drug-likeness (QED) is 0.0317. The van der Waals surface area contributed by atoms with Gasteiger partial charge in [-0.25, -0.2) is 15.3 Å². The van der Waals surface area contributed by atoms with Crippen LogP contribution in [0.15, 0.2) is 140 Å². The van der Waals surface area contributed by atoms with Crippen LogP contribution < -0.4 is 58.3 Å². The van der Waals surface area contributed by atoms with Gasteiger partial charge in [-0.1, -0.05) is 156 Å². The third-order valence-corrected chi connectivity index (χ3v) is 20.6. The zero-order valence-corrected chi connectivity index (χ0v) is 64.0. The Morgan fingerprint density at radius 2 is 1.21 bits per heavy atom. The predicted octanol–water partition coefficient (Wildman–Crippen LogP) is 4.11. The maximum absolute atomic E-state index is 15.4. The van der Waals surface area contributed by atoms with Gasteiger partial charge in [0.2, 0.25) is 41.4 Å². The lowest BCUT2D eigenvalue weighted by Crippen LogP contribution is -2.63. The largest absolute Gasteiger partial charge is 0.494 e. The summed E-state index contributed by atoms with van der Waals surface area (Å²) in [6.07, 6.45) is 2.53. The molecule has 29 nitrogen and oxygen atoms in total. The first-order chi connectivity index (χ1) is 52.3. The summed E-state index contributed by atoms with van der Waals surface area (Å²) in [6, 6.07) is 27.4. The number of carboxylic acids is 1. The Morgan fingerprint density at radius 3 is 1.76 bits per heavy atom. The lowest BCUT2D eigenvalue weighted by Gasteiger charge is -2.40. The zero-order chi connectivity index (χ0) is 79.4. The third kappa shape index (κ3) is 20.6. The zero-order valence-electron chi connectivity index (χ0n) is 64.0. The molecule has 0 saturated carbocycles. The molecule has 0 spiro atoms. The van der Waals surface area contributed by atoms with Crippen LogP contribution >= 0.6 is 0 Å². The Labute approximate surface area is 639 Å². The Morgan fingerprint density at radius 1 is 0.664 bits per heavy atom. The fraction of sp³-hybridized carbons (Fsp3) is 0.457. The van der Waals surface area contributed by atoms with E-state index in [2.05, 4.69) is 47.5 Å². The molecule has 2 saturated heterocycles. The number of fused-ring (bicyclic) bond motifs is 2. The Balaban J connectivity index is 0.956. The molecule has 7 heterocycles. The van der Waals surface area contributed by atoms with Gasteiger partial charge < -0.3 is 76.9 Å². The van der Waals surface area contributed by atoms with E-state index >= 15 is 19.2 Å². The molecule has 29 heteroatoms. The maximum Gasteiger partial charge on any atom is 0.326 e. The van der Waals surface area contributed by atoms with Crippen molar-refractivity contribution in [2.45, 2.75) is 186 Å². The molecule has 13 rings (SSSR count). The average molecular weight is 1510 g/mol. The highest BCUT2D eigenvalue weighted by Gasteiger charge is 2.52. The molecule has 2 fully saturated rings. The van der Waals surface area contributed by atoms with E-state index in [1.165, 1.54) is 14.5 Å². The molecule has 8 amide bonds. The molecule has 7 aromatic rings. The van der Waals surface area contributed by atoms with Gasteiger partial charge in [0.1, 0.15) is 78.1 Å². The number of ether oxygens (including phenoxy) is 3. The molecule has 1 aromatic heterocycles. The molecule has 6 aromatic carbocycles. The highest BCUT2D eigenvalue weighted by Crippen LogP contribution is 2.35. The molecule has 10 bridgehead atoms. The van der Waals surface area contributed by atoms with Crippen molar-refractivity contribution in [2.75, 3.05) is 40.4 Å². The number of rotatable bonds is 14. The lowest BCUT2D eigenvalue weighted by atomic mass is 9.85. The molecular formula is C81H103N15O14. The fourth-order valence-electron chi connectivity index (χ4n) is 14.1. The number of hydrogen-bond donors (Lipinski definition) is 10. The summed E-state index contributed by atoms with van der Waals surface area (Å²) in [5, 5.41) is 44.1. The molecule has 586 valence electrons. The number of aldehydes is 1. The van der Waals surface area contributed by atoms with Crippen molar-refractivity contribution in [3.8, 4) is 11.5 Å². The van der Waals surface area contributed by atoms with Gasteiger partial charge in [-0.05, 0) is 126 Å². The summed E-state index contributed by atoms with van der Waals surface area (Å²) in [5.74, 6) is 0.818. The summed E-state index contributed by atoms with van der Waals surface area (Å²) in [6.45, 7) is 13.6. The minimum absolute atomic E-state index is 0.0261.